The van der Waals surface area contributed by atoms with Crippen molar-refractivity contribution >= 4 is 73.1 Å². The number of anilines is 1. The predicted octanol–water partition coefficient (Wildman–Crippen LogP) is 7.99. The second kappa shape index (κ2) is 10.2. The Labute approximate surface area is 226 Å². The van der Waals surface area contributed by atoms with Crippen LogP contribution in [0.4, 0.5) is 10.5 Å². The van der Waals surface area contributed by atoms with Crippen molar-refractivity contribution in [3.05, 3.63) is 98.0 Å². The molecule has 0 spiro atoms. The number of halogens is 2. The van der Waals surface area contributed by atoms with E-state index in [1.807, 2.05) is 36.5 Å². The Hall–Kier alpha value is -3.00. The lowest BCUT2D eigenvalue weighted by molar-refractivity contribution is -0.113. The normalized spacial score (nSPS) is 14.9. The van der Waals surface area contributed by atoms with Crippen LogP contribution in [0.25, 0.3) is 17.0 Å². The maximum atomic E-state index is 13.2. The van der Waals surface area contributed by atoms with E-state index in [2.05, 4.69) is 40.4 Å². The molecule has 1 saturated heterocycles. The van der Waals surface area contributed by atoms with Gasteiger partial charge < -0.3 is 9.30 Å². The third kappa shape index (κ3) is 4.96. The molecule has 0 radical (unpaired) electrons. The second-order valence-corrected chi connectivity index (χ2v) is 10.9. The topological polar surface area (TPSA) is 51.5 Å². The number of carbonyl (C=O) groups is 2. The van der Waals surface area contributed by atoms with Crippen LogP contribution < -0.4 is 9.64 Å². The van der Waals surface area contributed by atoms with Gasteiger partial charge in [0.1, 0.15) is 12.4 Å². The van der Waals surface area contributed by atoms with Crippen molar-refractivity contribution in [3.63, 3.8) is 0 Å². The number of rotatable bonds is 6. The van der Waals surface area contributed by atoms with Crippen LogP contribution in [-0.4, -0.2) is 22.3 Å². The third-order valence-corrected chi connectivity index (χ3v) is 7.70. The largest absolute Gasteiger partial charge is 0.492 e. The van der Waals surface area contributed by atoms with Gasteiger partial charge >= 0.3 is 0 Å². The molecule has 5 nitrogen and oxygen atoms in total. The molecule has 0 aliphatic carbocycles. The molecule has 36 heavy (non-hydrogen) atoms. The number of hydrogen-bond acceptors (Lipinski definition) is 4. The van der Waals surface area contributed by atoms with Crippen molar-refractivity contribution in [2.24, 2.45) is 0 Å². The second-order valence-electron chi connectivity index (χ2n) is 8.53. The zero-order valence-electron chi connectivity index (χ0n) is 19.6. The maximum absolute atomic E-state index is 13.2. The molecule has 5 rings (SSSR count). The van der Waals surface area contributed by atoms with Gasteiger partial charge in [-0.25, -0.2) is 4.90 Å². The number of aromatic nitrogens is 1. The molecule has 4 aromatic rings. The first-order valence-electron chi connectivity index (χ1n) is 11.3. The summed E-state index contributed by atoms with van der Waals surface area (Å²) in [5.74, 6) is 0.480. The first kappa shape index (κ1) is 24.7. The van der Waals surface area contributed by atoms with Crippen LogP contribution in [0.15, 0.2) is 76.2 Å². The van der Waals surface area contributed by atoms with Crippen molar-refractivity contribution in [1.82, 2.24) is 4.57 Å². The van der Waals surface area contributed by atoms with Crippen molar-refractivity contribution in [3.8, 4) is 5.75 Å². The molecule has 8 heteroatoms. The highest BCUT2D eigenvalue weighted by molar-refractivity contribution is 9.10. The van der Waals surface area contributed by atoms with E-state index in [1.54, 1.807) is 30.3 Å². The number of thioether (sulfide) groups is 1. The number of benzene rings is 3. The molecule has 1 aliphatic heterocycles. The molecule has 0 saturated carbocycles. The van der Waals surface area contributed by atoms with Gasteiger partial charge in [0.25, 0.3) is 11.1 Å². The Morgan fingerprint density at radius 1 is 1.03 bits per heavy atom. The summed E-state index contributed by atoms with van der Waals surface area (Å²) in [6, 6.07) is 18.8. The van der Waals surface area contributed by atoms with Gasteiger partial charge in [-0.3, -0.25) is 9.59 Å². The molecule has 1 fully saturated rings. The minimum Gasteiger partial charge on any atom is -0.492 e. The van der Waals surface area contributed by atoms with Crippen molar-refractivity contribution in [2.75, 3.05) is 11.5 Å². The molecule has 0 bridgehead atoms. The number of aryl methyl sites for hydroxylation is 2. The molecule has 1 aliphatic rings. The number of imide groups is 1. The van der Waals surface area contributed by atoms with Gasteiger partial charge in [0.2, 0.25) is 0 Å². The van der Waals surface area contributed by atoms with E-state index in [0.29, 0.717) is 28.8 Å². The van der Waals surface area contributed by atoms with Crippen LogP contribution >= 0.6 is 39.3 Å². The van der Waals surface area contributed by atoms with Crippen LogP contribution in [0, 0.1) is 13.8 Å². The average molecular weight is 582 g/mol. The highest BCUT2D eigenvalue weighted by Gasteiger charge is 2.36. The number of carbonyl (C=O) groups excluding carboxylic acids is 2. The standard InChI is InChI=1S/C28H22BrClN2O3S/c1-17-6-8-23(12-18(17)2)35-11-10-31-16-19(24-14-20(29)7-9-25(24)31)13-26-27(33)32(28(34)36-26)22-5-3-4-21(30)15-22/h3-9,12-16H,10-11H2,1-2H3/b26-13-. The van der Waals surface area contributed by atoms with Gasteiger partial charge in [0.15, 0.2) is 0 Å². The van der Waals surface area contributed by atoms with Gasteiger partial charge in [0.05, 0.1) is 17.1 Å². The van der Waals surface area contributed by atoms with Crippen LogP contribution in [0.5, 0.6) is 5.75 Å². The first-order valence-corrected chi connectivity index (χ1v) is 13.3. The minimum absolute atomic E-state index is 0.347. The van der Waals surface area contributed by atoms with Crippen LogP contribution in [-0.2, 0) is 11.3 Å². The van der Waals surface area contributed by atoms with Crippen molar-refractivity contribution in [2.45, 2.75) is 20.4 Å². The Balaban J connectivity index is 1.42. The number of hydrogen-bond donors (Lipinski definition) is 0. The van der Waals surface area contributed by atoms with E-state index < -0.39 is 0 Å². The summed E-state index contributed by atoms with van der Waals surface area (Å²) in [7, 11) is 0. The maximum Gasteiger partial charge on any atom is 0.298 e. The smallest absolute Gasteiger partial charge is 0.298 e. The van der Waals surface area contributed by atoms with Crippen LogP contribution in [0.2, 0.25) is 5.02 Å². The fourth-order valence-corrected chi connectivity index (χ4v) is 5.49. The summed E-state index contributed by atoms with van der Waals surface area (Å²) >= 11 is 10.6. The number of amides is 2. The van der Waals surface area contributed by atoms with Gasteiger partial charge in [-0.05, 0) is 91.3 Å². The van der Waals surface area contributed by atoms with E-state index in [-0.39, 0.29) is 11.1 Å². The summed E-state index contributed by atoms with van der Waals surface area (Å²) in [5, 5.41) is 1.09. The van der Waals surface area contributed by atoms with Crippen LogP contribution in [0.1, 0.15) is 16.7 Å². The molecule has 3 aromatic carbocycles. The summed E-state index contributed by atoms with van der Waals surface area (Å²) in [6.07, 6.45) is 3.78. The monoisotopic (exact) mass is 580 g/mol. The average Bonchev–Trinajstić information content (AvgIpc) is 3.31. The molecular weight excluding hydrogens is 560 g/mol. The lowest BCUT2D eigenvalue weighted by Crippen LogP contribution is -2.27. The van der Waals surface area contributed by atoms with E-state index in [9.17, 15) is 9.59 Å². The lowest BCUT2D eigenvalue weighted by atomic mass is 10.1. The Morgan fingerprint density at radius 3 is 2.64 bits per heavy atom. The van der Waals surface area contributed by atoms with E-state index in [0.717, 1.165) is 43.4 Å². The van der Waals surface area contributed by atoms with Crippen molar-refractivity contribution < 1.29 is 14.3 Å². The SMILES string of the molecule is Cc1ccc(OCCn2cc(/C=C3\SC(=O)N(c4cccc(Cl)c4)C3=O)c3cc(Br)ccc32)cc1C. The highest BCUT2D eigenvalue weighted by Crippen LogP contribution is 2.38. The fraction of sp³-hybridized carbons (Fsp3) is 0.143. The molecule has 2 heterocycles. The minimum atomic E-state index is -0.360. The van der Waals surface area contributed by atoms with Gasteiger partial charge in [-0.15, -0.1) is 0 Å². The zero-order valence-corrected chi connectivity index (χ0v) is 22.8. The number of nitrogens with zero attached hydrogens (tertiary/aromatic N) is 2. The van der Waals surface area contributed by atoms with Gasteiger partial charge in [-0.1, -0.05) is 39.7 Å². The summed E-state index contributed by atoms with van der Waals surface area (Å²) in [5.41, 5.74) is 4.75. The van der Waals surface area contributed by atoms with Crippen LogP contribution in [0.3, 0.4) is 0 Å². The highest BCUT2D eigenvalue weighted by atomic mass is 79.9. The first-order chi connectivity index (χ1) is 17.3. The quantitative estimate of drug-likeness (QED) is 0.217. The fourth-order valence-electron chi connectivity index (χ4n) is 4.11. The summed E-state index contributed by atoms with van der Waals surface area (Å²) in [4.78, 5) is 27.4. The molecular formula is C28H22BrClN2O3S. The van der Waals surface area contributed by atoms with Gasteiger partial charge in [0, 0.05) is 32.2 Å². The lowest BCUT2D eigenvalue weighted by Gasteiger charge is -2.12. The van der Waals surface area contributed by atoms with E-state index in [4.69, 9.17) is 16.3 Å². The van der Waals surface area contributed by atoms with Gasteiger partial charge in [-0.2, -0.15) is 0 Å². The molecule has 0 atom stereocenters. The molecule has 1 aromatic heterocycles. The van der Waals surface area contributed by atoms with E-state index in [1.165, 1.54) is 11.1 Å². The molecule has 0 unspecified atom stereocenters. The Morgan fingerprint density at radius 2 is 1.86 bits per heavy atom. The molecule has 2 amide bonds. The Kier molecular flexibility index (Phi) is 6.97. The van der Waals surface area contributed by atoms with E-state index >= 15 is 0 Å². The predicted molar refractivity (Wildman–Crippen MR) is 151 cm³/mol. The summed E-state index contributed by atoms with van der Waals surface area (Å²) < 4.78 is 9.04. The zero-order chi connectivity index (χ0) is 25.4. The molecule has 182 valence electrons. The Bertz CT molecular complexity index is 1550. The molecule has 0 N–H and O–H groups in total. The summed E-state index contributed by atoms with van der Waals surface area (Å²) in [6.45, 7) is 5.27. The number of fused-ring (bicyclic) bond motifs is 1. The number of ether oxygens (including phenoxy) is 1. The van der Waals surface area contributed by atoms with Crippen molar-refractivity contribution in [1.29, 1.82) is 0 Å². The third-order valence-electron chi connectivity index (χ3n) is 6.10.